The third-order valence-electron chi connectivity index (χ3n) is 4.79. The molecule has 0 saturated heterocycles. The number of hydrogen-bond acceptors (Lipinski definition) is 4. The summed E-state index contributed by atoms with van der Waals surface area (Å²) in [6, 6.07) is 13.9. The van der Waals surface area contributed by atoms with Gasteiger partial charge < -0.3 is 0 Å². The van der Waals surface area contributed by atoms with Gasteiger partial charge in [0.05, 0.1) is 0 Å². The van der Waals surface area contributed by atoms with E-state index in [1.165, 1.54) is 28.8 Å². The van der Waals surface area contributed by atoms with Crippen molar-refractivity contribution in [1.29, 1.82) is 0 Å². The van der Waals surface area contributed by atoms with Gasteiger partial charge in [-0.1, -0.05) is 36.4 Å². The molecule has 25 heavy (non-hydrogen) atoms. The minimum atomic E-state index is 0.0158. The van der Waals surface area contributed by atoms with Crippen molar-refractivity contribution in [3.05, 3.63) is 64.7 Å². The molecule has 0 N–H and O–H groups in total. The molecule has 5 nitrogen and oxygen atoms in total. The zero-order valence-electron chi connectivity index (χ0n) is 14.3. The topological polar surface area (TPSA) is 60.7 Å². The molecule has 1 aliphatic carbocycles. The predicted molar refractivity (Wildman–Crippen MR) is 95.4 cm³/mol. The van der Waals surface area contributed by atoms with Crippen LogP contribution in [0.1, 0.15) is 39.9 Å². The van der Waals surface area contributed by atoms with Gasteiger partial charge in [0.1, 0.15) is 6.54 Å². The number of carbonyl (C=O) groups is 1. The lowest BCUT2D eigenvalue weighted by atomic mass is 9.90. The molecule has 1 heterocycles. The summed E-state index contributed by atoms with van der Waals surface area (Å²) in [4.78, 5) is 14.0. The van der Waals surface area contributed by atoms with Crippen molar-refractivity contribution in [3.8, 4) is 11.4 Å². The van der Waals surface area contributed by atoms with Crippen LogP contribution in [-0.4, -0.2) is 26.0 Å². The van der Waals surface area contributed by atoms with E-state index in [0.29, 0.717) is 5.82 Å². The Morgan fingerprint density at radius 1 is 1.08 bits per heavy atom. The molecule has 3 aromatic rings. The summed E-state index contributed by atoms with van der Waals surface area (Å²) < 4.78 is 0. The molecule has 0 saturated carbocycles. The molecule has 0 fully saturated rings. The minimum Gasteiger partial charge on any atom is -0.292 e. The molecule has 126 valence electrons. The van der Waals surface area contributed by atoms with E-state index in [0.717, 1.165) is 29.5 Å². The van der Waals surface area contributed by atoms with E-state index < -0.39 is 0 Å². The maximum absolute atomic E-state index is 12.6. The van der Waals surface area contributed by atoms with E-state index in [9.17, 15) is 4.79 Å². The number of aryl methyl sites for hydroxylation is 3. The normalized spacial score (nSPS) is 13.5. The third-order valence-corrected chi connectivity index (χ3v) is 4.79. The van der Waals surface area contributed by atoms with Crippen LogP contribution >= 0.6 is 0 Å². The quantitative estimate of drug-likeness (QED) is 0.687. The zero-order chi connectivity index (χ0) is 17.2. The van der Waals surface area contributed by atoms with Crippen LogP contribution in [0.25, 0.3) is 11.4 Å². The van der Waals surface area contributed by atoms with Crippen molar-refractivity contribution in [1.82, 2.24) is 20.2 Å². The van der Waals surface area contributed by atoms with Gasteiger partial charge in [0, 0.05) is 11.1 Å². The van der Waals surface area contributed by atoms with Crippen LogP contribution in [0, 0.1) is 6.92 Å². The molecule has 4 rings (SSSR count). The van der Waals surface area contributed by atoms with Crippen LogP contribution < -0.4 is 0 Å². The van der Waals surface area contributed by atoms with Gasteiger partial charge >= 0.3 is 0 Å². The smallest absolute Gasteiger partial charge is 0.205 e. The predicted octanol–water partition coefficient (Wildman–Crippen LogP) is 3.41. The summed E-state index contributed by atoms with van der Waals surface area (Å²) >= 11 is 0. The molecule has 1 aromatic heterocycles. The standard InChI is InChI=1S/C20H20N4O/c1-14-6-2-5-9-18(14)20-21-23-24(22-20)13-19(25)17-11-10-15-7-3-4-8-16(15)12-17/h2,5-6,9-12H,3-4,7-8,13H2,1H3. The number of ketones is 1. The highest BCUT2D eigenvalue weighted by Gasteiger charge is 2.15. The molecule has 0 aliphatic heterocycles. The molecular weight excluding hydrogens is 312 g/mol. The van der Waals surface area contributed by atoms with Crippen LogP contribution in [-0.2, 0) is 19.4 Å². The Balaban J connectivity index is 1.53. The molecule has 0 atom stereocenters. The van der Waals surface area contributed by atoms with Crippen molar-refractivity contribution in [2.24, 2.45) is 0 Å². The van der Waals surface area contributed by atoms with E-state index in [1.807, 2.05) is 43.3 Å². The first-order chi connectivity index (χ1) is 12.2. The summed E-state index contributed by atoms with van der Waals surface area (Å²) in [5.74, 6) is 0.568. The fourth-order valence-corrected chi connectivity index (χ4v) is 3.37. The van der Waals surface area contributed by atoms with E-state index in [1.54, 1.807) is 0 Å². The largest absolute Gasteiger partial charge is 0.292 e. The van der Waals surface area contributed by atoms with Gasteiger partial charge in [0.15, 0.2) is 5.78 Å². The number of carbonyl (C=O) groups excluding carboxylic acids is 1. The summed E-state index contributed by atoms with van der Waals surface area (Å²) in [5.41, 5.74) is 5.45. The van der Waals surface area contributed by atoms with E-state index in [2.05, 4.69) is 21.5 Å². The third kappa shape index (κ3) is 3.22. The lowest BCUT2D eigenvalue weighted by Crippen LogP contribution is -2.14. The highest BCUT2D eigenvalue weighted by molar-refractivity contribution is 5.96. The van der Waals surface area contributed by atoms with Crippen molar-refractivity contribution >= 4 is 5.78 Å². The Morgan fingerprint density at radius 2 is 1.88 bits per heavy atom. The lowest BCUT2D eigenvalue weighted by molar-refractivity contribution is 0.0961. The second-order valence-electron chi connectivity index (χ2n) is 6.57. The van der Waals surface area contributed by atoms with Gasteiger partial charge in [0.2, 0.25) is 5.82 Å². The summed E-state index contributed by atoms with van der Waals surface area (Å²) in [5, 5.41) is 12.5. The lowest BCUT2D eigenvalue weighted by Gasteiger charge is -2.16. The van der Waals surface area contributed by atoms with Crippen molar-refractivity contribution < 1.29 is 4.79 Å². The molecule has 2 aromatic carbocycles. The highest BCUT2D eigenvalue weighted by atomic mass is 16.1. The number of benzene rings is 2. The van der Waals surface area contributed by atoms with E-state index in [-0.39, 0.29) is 12.3 Å². The number of rotatable bonds is 4. The van der Waals surface area contributed by atoms with Gasteiger partial charge in [-0.25, -0.2) is 0 Å². The van der Waals surface area contributed by atoms with Gasteiger partial charge in [0.25, 0.3) is 0 Å². The number of nitrogens with zero attached hydrogens (tertiary/aromatic N) is 4. The van der Waals surface area contributed by atoms with E-state index in [4.69, 9.17) is 0 Å². The minimum absolute atomic E-state index is 0.0158. The Labute approximate surface area is 146 Å². The van der Waals surface area contributed by atoms with Crippen LogP contribution in [0.4, 0.5) is 0 Å². The summed E-state index contributed by atoms with van der Waals surface area (Å²) in [7, 11) is 0. The molecule has 0 unspecified atom stereocenters. The Kier molecular flexibility index (Phi) is 4.14. The van der Waals surface area contributed by atoms with Crippen LogP contribution in [0.5, 0.6) is 0 Å². The molecule has 0 radical (unpaired) electrons. The fraction of sp³-hybridized carbons (Fsp3) is 0.300. The molecule has 0 amide bonds. The maximum Gasteiger partial charge on any atom is 0.205 e. The zero-order valence-corrected chi connectivity index (χ0v) is 14.3. The van der Waals surface area contributed by atoms with Gasteiger partial charge in [-0.15, -0.1) is 10.2 Å². The SMILES string of the molecule is Cc1ccccc1-c1nnn(CC(=O)c2ccc3c(c2)CCCC3)n1. The van der Waals surface area contributed by atoms with E-state index >= 15 is 0 Å². The second kappa shape index (κ2) is 6.59. The first kappa shape index (κ1) is 15.7. The Morgan fingerprint density at radius 3 is 2.72 bits per heavy atom. The monoisotopic (exact) mass is 332 g/mol. The van der Waals surface area contributed by atoms with Crippen LogP contribution in [0.2, 0.25) is 0 Å². The van der Waals surface area contributed by atoms with Gasteiger partial charge in [-0.2, -0.15) is 4.80 Å². The average molecular weight is 332 g/mol. The van der Waals surface area contributed by atoms with Crippen LogP contribution in [0.15, 0.2) is 42.5 Å². The van der Waals surface area contributed by atoms with Crippen molar-refractivity contribution in [3.63, 3.8) is 0 Å². The highest BCUT2D eigenvalue weighted by Crippen LogP contribution is 2.23. The first-order valence-electron chi connectivity index (χ1n) is 8.69. The second-order valence-corrected chi connectivity index (χ2v) is 6.57. The van der Waals surface area contributed by atoms with Gasteiger partial charge in [-0.3, -0.25) is 4.79 Å². The number of fused-ring (bicyclic) bond motifs is 1. The van der Waals surface area contributed by atoms with Crippen LogP contribution in [0.3, 0.4) is 0 Å². The Hall–Kier alpha value is -2.82. The molecule has 0 spiro atoms. The van der Waals surface area contributed by atoms with Gasteiger partial charge in [-0.05, 0) is 60.6 Å². The summed E-state index contributed by atoms with van der Waals surface area (Å²) in [6.07, 6.45) is 4.63. The molecule has 5 heteroatoms. The molecular formula is C20H20N4O. The van der Waals surface area contributed by atoms with Crippen molar-refractivity contribution in [2.75, 3.05) is 0 Å². The van der Waals surface area contributed by atoms with Crippen molar-refractivity contribution in [2.45, 2.75) is 39.2 Å². The first-order valence-corrected chi connectivity index (χ1v) is 8.69. The number of hydrogen-bond donors (Lipinski definition) is 0. The number of Topliss-reactive ketones (excluding diaryl/α,β-unsaturated/α-hetero) is 1. The maximum atomic E-state index is 12.6. The molecule has 1 aliphatic rings. The number of tetrazole rings is 1. The molecule has 0 bridgehead atoms. The average Bonchev–Trinajstić information content (AvgIpc) is 3.10. The Bertz CT molecular complexity index is 929. The fourth-order valence-electron chi connectivity index (χ4n) is 3.37. The summed E-state index contributed by atoms with van der Waals surface area (Å²) in [6.45, 7) is 2.12. The number of aromatic nitrogens is 4.